The van der Waals surface area contributed by atoms with Gasteiger partial charge in [0.15, 0.2) is 0 Å². The van der Waals surface area contributed by atoms with Gasteiger partial charge in [0.05, 0.1) is 24.3 Å². The number of hydrogen-bond donors (Lipinski definition) is 0. The van der Waals surface area contributed by atoms with Crippen molar-refractivity contribution in [1.82, 2.24) is 0 Å². The molecule has 0 unspecified atom stereocenters. The predicted molar refractivity (Wildman–Crippen MR) is 227 cm³/mol. The summed E-state index contributed by atoms with van der Waals surface area (Å²) in [6.45, 7) is 5.03. The predicted octanol–water partition coefficient (Wildman–Crippen LogP) is 13.1. The van der Waals surface area contributed by atoms with Gasteiger partial charge in [-0.15, -0.1) is 45.3 Å². The zero-order valence-electron chi connectivity index (χ0n) is 31.0. The Morgan fingerprint density at radius 3 is 1.20 bits per heavy atom. The van der Waals surface area contributed by atoms with Crippen molar-refractivity contribution in [3.8, 4) is 88.3 Å². The van der Waals surface area contributed by atoms with Crippen molar-refractivity contribution in [3.63, 3.8) is 0 Å². The van der Waals surface area contributed by atoms with Crippen LogP contribution < -0.4 is 9.47 Å². The fourth-order valence-electron chi connectivity index (χ4n) is 5.88. The lowest BCUT2D eigenvalue weighted by Gasteiger charge is -2.21. The van der Waals surface area contributed by atoms with Crippen molar-refractivity contribution < 1.29 is 9.47 Å². The van der Waals surface area contributed by atoms with E-state index in [2.05, 4.69) is 26.0 Å². The van der Waals surface area contributed by atoms with Gasteiger partial charge in [-0.05, 0) is 73.5 Å². The molecule has 1 aromatic carbocycles. The molecule has 0 radical (unpaired) electrons. The van der Waals surface area contributed by atoms with Crippen LogP contribution in [0, 0.1) is 68.0 Å². The highest BCUT2D eigenvalue weighted by Gasteiger charge is 2.30. The van der Waals surface area contributed by atoms with Gasteiger partial charge in [-0.2, -0.15) is 31.6 Å². The molecule has 0 aliphatic carbocycles. The molecule has 0 aliphatic heterocycles. The van der Waals surface area contributed by atoms with Gasteiger partial charge in [0.25, 0.3) is 0 Å². The maximum atomic E-state index is 11.0. The molecule has 4 aromatic heterocycles. The molecular formula is C44H36N6O2S4. The van der Waals surface area contributed by atoms with E-state index in [1.54, 1.807) is 12.2 Å². The third-order valence-electron chi connectivity index (χ3n) is 8.62. The monoisotopic (exact) mass is 808 g/mol. The van der Waals surface area contributed by atoms with Crippen LogP contribution in [0.15, 0.2) is 59.7 Å². The average molecular weight is 809 g/mol. The first-order chi connectivity index (χ1) is 27.4. The van der Waals surface area contributed by atoms with E-state index in [4.69, 9.17) is 9.47 Å². The molecule has 0 N–H and O–H groups in total. The van der Waals surface area contributed by atoms with Crippen LogP contribution in [-0.2, 0) is 0 Å². The van der Waals surface area contributed by atoms with Crippen LogP contribution in [0.1, 0.15) is 86.1 Å². The first-order valence-corrected chi connectivity index (χ1v) is 21.4. The number of unbranched alkanes of at least 4 members (excludes halogenated alkanes) is 6. The third-order valence-corrected chi connectivity index (χ3v) is 13.3. The van der Waals surface area contributed by atoms with Gasteiger partial charge in [-0.3, -0.25) is 0 Å². The Kier molecular flexibility index (Phi) is 15.2. The van der Waals surface area contributed by atoms with Gasteiger partial charge < -0.3 is 9.47 Å². The second kappa shape index (κ2) is 20.6. The van der Waals surface area contributed by atoms with E-state index >= 15 is 0 Å². The van der Waals surface area contributed by atoms with E-state index in [0.717, 1.165) is 90.4 Å². The molecule has 0 saturated heterocycles. The smallest absolute Gasteiger partial charge is 0.147 e. The largest absolute Gasteiger partial charge is 0.491 e. The van der Waals surface area contributed by atoms with E-state index in [0.29, 0.717) is 47.0 Å². The minimum absolute atomic E-state index is 0.0240. The summed E-state index contributed by atoms with van der Waals surface area (Å²) in [4.78, 5) is 6.76. The Labute approximate surface area is 343 Å². The molecule has 0 amide bonds. The highest BCUT2D eigenvalue weighted by atomic mass is 32.1. The number of thiophene rings is 4. The molecule has 4 heterocycles. The van der Waals surface area contributed by atoms with E-state index in [1.165, 1.54) is 45.3 Å². The first kappa shape index (κ1) is 41.2. The summed E-state index contributed by atoms with van der Waals surface area (Å²) >= 11 is 5.85. The van der Waals surface area contributed by atoms with Gasteiger partial charge in [0.1, 0.15) is 70.2 Å². The number of hydrogen-bond acceptors (Lipinski definition) is 12. The zero-order valence-corrected chi connectivity index (χ0v) is 34.2. The zero-order chi connectivity index (χ0) is 39.9. The summed E-state index contributed by atoms with van der Waals surface area (Å²) in [7, 11) is 0. The summed E-state index contributed by atoms with van der Waals surface area (Å²) in [5.41, 5.74) is 1.69. The number of rotatable bonds is 18. The standard InChI is InChI=1S/C44H36N6O2S4/c1-3-5-7-9-19-51-43-33(27-49)42(40-18-16-38(56-40)36-14-12-32(54-36)22-30(25-47)26-48)44(52-20-10-8-6-4-2)34(28-50)41(43)39-17-15-37(55-39)35-13-11-31(53-35)21-29(23-45)24-46/h11-18,21-22H,3-10,19-20H2,1-2H3. The van der Waals surface area contributed by atoms with Crippen molar-refractivity contribution in [2.24, 2.45) is 0 Å². The lowest BCUT2D eigenvalue weighted by Crippen LogP contribution is -2.08. The molecule has 8 nitrogen and oxygen atoms in total. The minimum atomic E-state index is 0.0240. The fraction of sp³-hybridized carbons (Fsp3) is 0.273. The van der Waals surface area contributed by atoms with E-state index in [-0.39, 0.29) is 11.1 Å². The number of nitrogens with zero attached hydrogens (tertiary/aromatic N) is 6. The van der Waals surface area contributed by atoms with Gasteiger partial charge >= 0.3 is 0 Å². The molecule has 0 spiro atoms. The Bertz CT molecular complexity index is 2300. The molecule has 0 fully saturated rings. The summed E-state index contributed by atoms with van der Waals surface area (Å²) < 4.78 is 13.2. The lowest BCUT2D eigenvalue weighted by atomic mass is 9.94. The normalized spacial score (nSPS) is 10.2. The Morgan fingerprint density at radius 1 is 0.482 bits per heavy atom. The van der Waals surface area contributed by atoms with Crippen LogP contribution in [0.3, 0.4) is 0 Å². The molecule has 0 bridgehead atoms. The second-order valence-electron chi connectivity index (χ2n) is 12.5. The molecule has 0 saturated carbocycles. The van der Waals surface area contributed by atoms with Crippen molar-refractivity contribution in [3.05, 3.63) is 80.6 Å². The fourth-order valence-corrected chi connectivity index (χ4v) is 10.1. The highest BCUT2D eigenvalue weighted by molar-refractivity contribution is 7.25. The van der Waals surface area contributed by atoms with Crippen molar-refractivity contribution >= 4 is 57.5 Å². The summed E-state index contributed by atoms with van der Waals surface area (Å²) in [5.74, 6) is 0.701. The van der Waals surface area contributed by atoms with Crippen LogP contribution >= 0.6 is 45.3 Å². The molecular weight excluding hydrogens is 773 g/mol. The molecule has 278 valence electrons. The van der Waals surface area contributed by atoms with Crippen LogP contribution in [-0.4, -0.2) is 13.2 Å². The summed E-state index contributed by atoms with van der Waals surface area (Å²) in [5, 5.41) is 58.9. The maximum Gasteiger partial charge on any atom is 0.147 e. The van der Waals surface area contributed by atoms with E-state index in [9.17, 15) is 31.6 Å². The summed E-state index contributed by atoms with van der Waals surface area (Å²) in [6.07, 6.45) is 10.9. The number of nitriles is 6. The maximum absolute atomic E-state index is 11.0. The lowest BCUT2D eigenvalue weighted by molar-refractivity contribution is 0.297. The number of allylic oxidation sites excluding steroid dienone is 2. The molecule has 56 heavy (non-hydrogen) atoms. The molecule has 5 aromatic rings. The Balaban J connectivity index is 1.68. The topological polar surface area (TPSA) is 161 Å². The third kappa shape index (κ3) is 9.82. The van der Waals surface area contributed by atoms with E-state index < -0.39 is 0 Å². The SMILES string of the molecule is CCCCCCOc1c(C#N)c(-c2ccc(-c3ccc(C=C(C#N)C#N)s3)s2)c(OCCCCCC)c(C#N)c1-c1ccc(-c2ccc(C=C(C#N)C#N)s2)s1. The van der Waals surface area contributed by atoms with Gasteiger partial charge in [-0.1, -0.05) is 52.4 Å². The molecule has 0 atom stereocenters. The molecule has 5 rings (SSSR count). The quantitative estimate of drug-likeness (QED) is 0.0624. The highest BCUT2D eigenvalue weighted by Crippen LogP contribution is 2.53. The van der Waals surface area contributed by atoms with Gasteiger partial charge in [0.2, 0.25) is 0 Å². The number of benzene rings is 1. The van der Waals surface area contributed by atoms with Crippen LogP contribution in [0.25, 0.3) is 52.5 Å². The van der Waals surface area contributed by atoms with Gasteiger partial charge in [0, 0.05) is 39.0 Å². The van der Waals surface area contributed by atoms with Gasteiger partial charge in [-0.25, -0.2) is 0 Å². The molecule has 12 heteroatoms. The van der Waals surface area contributed by atoms with Crippen LogP contribution in [0.5, 0.6) is 11.5 Å². The Hall–Kier alpha value is -5.96. The van der Waals surface area contributed by atoms with Crippen LogP contribution in [0.4, 0.5) is 0 Å². The van der Waals surface area contributed by atoms with Crippen molar-refractivity contribution in [1.29, 1.82) is 31.6 Å². The van der Waals surface area contributed by atoms with Crippen LogP contribution in [0.2, 0.25) is 0 Å². The average Bonchev–Trinajstić information content (AvgIpc) is 4.06. The first-order valence-electron chi connectivity index (χ1n) is 18.2. The van der Waals surface area contributed by atoms with E-state index in [1.807, 2.05) is 72.8 Å². The number of ether oxygens (including phenoxy) is 2. The molecule has 0 aliphatic rings. The minimum Gasteiger partial charge on any atom is -0.491 e. The van der Waals surface area contributed by atoms with Crippen molar-refractivity contribution in [2.75, 3.05) is 13.2 Å². The van der Waals surface area contributed by atoms with Crippen molar-refractivity contribution in [2.45, 2.75) is 65.2 Å². The summed E-state index contributed by atoms with van der Waals surface area (Å²) in [6, 6.07) is 28.0. The second-order valence-corrected chi connectivity index (χ2v) is 16.9. The Morgan fingerprint density at radius 2 is 0.839 bits per heavy atom.